The lowest BCUT2D eigenvalue weighted by molar-refractivity contribution is -0.137. The molecule has 3 N–H and O–H groups in total. The third-order valence-corrected chi connectivity index (χ3v) is 8.17. The maximum atomic E-state index is 14.1. The number of amides is 1. The molecule has 0 aliphatic carbocycles. The molecule has 0 saturated heterocycles. The lowest BCUT2D eigenvalue weighted by Crippen LogP contribution is -2.29. The van der Waals surface area contributed by atoms with Crippen LogP contribution in [0.5, 0.6) is 5.75 Å². The van der Waals surface area contributed by atoms with E-state index in [0.717, 1.165) is 23.2 Å². The van der Waals surface area contributed by atoms with Gasteiger partial charge in [-0.05, 0) is 44.3 Å². The summed E-state index contributed by atoms with van der Waals surface area (Å²) in [6, 6.07) is 8.07. The van der Waals surface area contributed by atoms with E-state index in [1.807, 2.05) is 30.9 Å². The normalized spacial score (nSPS) is 13.0. The highest BCUT2D eigenvalue weighted by Crippen LogP contribution is 2.42. The quantitative estimate of drug-likeness (QED) is 0.242. The van der Waals surface area contributed by atoms with Crippen LogP contribution in [0.1, 0.15) is 11.1 Å². The Morgan fingerprint density at radius 2 is 1.87 bits per heavy atom. The minimum atomic E-state index is -4.83. The van der Waals surface area contributed by atoms with Crippen LogP contribution in [-0.2, 0) is 27.4 Å². The molecule has 0 bridgehead atoms. The summed E-state index contributed by atoms with van der Waals surface area (Å²) in [4.78, 5) is 24.2. The number of halogens is 3. The van der Waals surface area contributed by atoms with Gasteiger partial charge in [-0.2, -0.15) is 18.2 Å². The number of anilines is 7. The molecule has 0 unspecified atom stereocenters. The number of sulfonamides is 1. The third kappa shape index (κ3) is 7.75. The van der Waals surface area contributed by atoms with E-state index in [1.165, 1.54) is 13.2 Å². The van der Waals surface area contributed by atoms with Crippen molar-refractivity contribution in [3.05, 3.63) is 60.3 Å². The number of nitrogens with zero attached hydrogens (tertiary/aromatic N) is 5. The molecule has 16 heteroatoms. The minimum absolute atomic E-state index is 0.141. The van der Waals surface area contributed by atoms with Crippen molar-refractivity contribution < 1.29 is 31.1 Å². The molecule has 2 aromatic carbocycles. The predicted octanol–water partition coefficient (Wildman–Crippen LogP) is 4.44. The largest absolute Gasteiger partial charge is 0.494 e. The van der Waals surface area contributed by atoms with Gasteiger partial charge in [0, 0.05) is 38.9 Å². The molecule has 45 heavy (non-hydrogen) atoms. The first-order valence-corrected chi connectivity index (χ1v) is 15.6. The van der Waals surface area contributed by atoms with Crippen LogP contribution in [0.3, 0.4) is 0 Å². The number of rotatable bonds is 12. The van der Waals surface area contributed by atoms with Crippen LogP contribution in [0, 0.1) is 0 Å². The van der Waals surface area contributed by atoms with Gasteiger partial charge in [-0.3, -0.25) is 9.10 Å². The third-order valence-electron chi connectivity index (χ3n) is 7.00. The number of fused-ring (bicyclic) bond motifs is 1. The Hall–Kier alpha value is -4.57. The Morgan fingerprint density at radius 3 is 2.49 bits per heavy atom. The number of methoxy groups -OCH3 is 1. The predicted molar refractivity (Wildman–Crippen MR) is 170 cm³/mol. The van der Waals surface area contributed by atoms with Crippen LogP contribution in [0.4, 0.5) is 53.4 Å². The van der Waals surface area contributed by atoms with Crippen molar-refractivity contribution >= 4 is 56.1 Å². The molecule has 0 radical (unpaired) electrons. The molecule has 3 aromatic rings. The molecule has 0 spiro atoms. The lowest BCUT2D eigenvalue weighted by Gasteiger charge is -2.26. The summed E-state index contributed by atoms with van der Waals surface area (Å²) < 4.78 is 73.8. The van der Waals surface area contributed by atoms with Crippen LogP contribution in [0.15, 0.2) is 49.2 Å². The summed E-state index contributed by atoms with van der Waals surface area (Å²) >= 11 is 0. The van der Waals surface area contributed by atoms with Gasteiger partial charge in [0.05, 0.1) is 41.8 Å². The van der Waals surface area contributed by atoms with E-state index in [0.29, 0.717) is 41.9 Å². The number of hydrogen-bond donors (Lipinski definition) is 3. The molecule has 1 amide bonds. The van der Waals surface area contributed by atoms with E-state index in [9.17, 15) is 26.4 Å². The van der Waals surface area contributed by atoms with Gasteiger partial charge in [0.1, 0.15) is 17.1 Å². The Balaban J connectivity index is 1.76. The Morgan fingerprint density at radius 1 is 1.13 bits per heavy atom. The van der Waals surface area contributed by atoms with Crippen molar-refractivity contribution in [2.45, 2.75) is 12.6 Å². The average Bonchev–Trinajstić information content (AvgIpc) is 3.42. The van der Waals surface area contributed by atoms with Crippen molar-refractivity contribution in [2.75, 3.05) is 79.3 Å². The summed E-state index contributed by atoms with van der Waals surface area (Å²) in [5.41, 5.74) is 1.19. The zero-order valence-electron chi connectivity index (χ0n) is 25.5. The Labute approximate surface area is 259 Å². The fraction of sp³-hybridized carbons (Fsp3) is 0.345. The second kappa shape index (κ2) is 13.2. The molecular formula is C29H35F3N8O4S. The summed E-state index contributed by atoms with van der Waals surface area (Å²) in [5.74, 6) is -0.968. The number of carbonyl (C=O) groups excluding carboxylic acids is 1. The monoisotopic (exact) mass is 648 g/mol. The van der Waals surface area contributed by atoms with Gasteiger partial charge in [0.25, 0.3) is 0 Å². The Kier molecular flexibility index (Phi) is 9.77. The highest BCUT2D eigenvalue weighted by Gasteiger charge is 2.36. The highest BCUT2D eigenvalue weighted by atomic mass is 32.2. The van der Waals surface area contributed by atoms with E-state index in [-0.39, 0.29) is 29.6 Å². The topological polar surface area (TPSA) is 132 Å². The number of aromatic nitrogens is 2. The maximum absolute atomic E-state index is 14.1. The van der Waals surface area contributed by atoms with Gasteiger partial charge in [-0.25, -0.2) is 13.4 Å². The molecule has 0 atom stereocenters. The smallest absolute Gasteiger partial charge is 0.421 e. The van der Waals surface area contributed by atoms with E-state index in [1.54, 1.807) is 24.3 Å². The second-order valence-electron chi connectivity index (χ2n) is 10.6. The van der Waals surface area contributed by atoms with Gasteiger partial charge in [-0.1, -0.05) is 18.7 Å². The van der Waals surface area contributed by atoms with Gasteiger partial charge in [0.2, 0.25) is 21.9 Å². The molecule has 1 aromatic heterocycles. The van der Waals surface area contributed by atoms with Crippen LogP contribution in [-0.4, -0.2) is 83.3 Å². The summed E-state index contributed by atoms with van der Waals surface area (Å²) in [6.45, 7) is 4.99. The summed E-state index contributed by atoms with van der Waals surface area (Å²) in [6.07, 6.45) is -1.63. The molecule has 1 aliphatic heterocycles. The van der Waals surface area contributed by atoms with Crippen LogP contribution < -0.4 is 29.9 Å². The number of hydrogen-bond acceptors (Lipinski definition) is 10. The maximum Gasteiger partial charge on any atom is 0.421 e. The number of likely N-dealkylation sites (N-methyl/N-ethyl adjacent to an activating group) is 2. The number of nitrogens with one attached hydrogen (secondary N) is 3. The molecule has 4 rings (SSSR count). The number of para-hydroxylation sites is 1. The molecule has 2 heterocycles. The lowest BCUT2D eigenvalue weighted by atomic mass is 10.1. The van der Waals surface area contributed by atoms with Crippen LogP contribution >= 0.6 is 0 Å². The van der Waals surface area contributed by atoms with E-state index in [4.69, 9.17) is 4.74 Å². The molecule has 0 saturated carbocycles. The zero-order valence-corrected chi connectivity index (χ0v) is 26.3. The SMILES string of the molecule is C=CC(=O)Nc1cc(Nc2ncc(C(F)(F)F)c(Nc3cccc4c3N(S(C)(=O)=O)CC4)n2)c(OC)cc1N(C)CCN(C)C. The number of carbonyl (C=O) groups is 1. The molecule has 0 fully saturated rings. The molecular weight excluding hydrogens is 613 g/mol. The first-order valence-electron chi connectivity index (χ1n) is 13.7. The molecule has 12 nitrogen and oxygen atoms in total. The van der Waals surface area contributed by atoms with E-state index >= 15 is 0 Å². The van der Waals surface area contributed by atoms with E-state index < -0.39 is 33.5 Å². The van der Waals surface area contributed by atoms with Crippen molar-refractivity contribution in [3.63, 3.8) is 0 Å². The van der Waals surface area contributed by atoms with Gasteiger partial charge in [-0.15, -0.1) is 0 Å². The molecule has 242 valence electrons. The Bertz CT molecular complexity index is 1700. The highest BCUT2D eigenvalue weighted by molar-refractivity contribution is 7.92. The fourth-order valence-corrected chi connectivity index (χ4v) is 5.72. The number of ether oxygens (including phenoxy) is 1. The standard InChI is InChI=1S/C29H35F3N8O4S/c1-7-25(41)34-21-15-22(24(44-5)16-23(21)39(4)14-13-38(2)3)36-28-33-17-19(29(30,31)32)27(37-28)35-20-10-8-9-18-11-12-40(26(18)20)45(6,42)43/h7-10,15-17H,1,11-14H2,2-6H3,(H,34,41)(H2,33,35,36,37). The molecule has 1 aliphatic rings. The average molecular weight is 649 g/mol. The first kappa shape index (κ1) is 33.3. The van der Waals surface area contributed by atoms with Crippen molar-refractivity contribution in [1.29, 1.82) is 0 Å². The fourth-order valence-electron chi connectivity index (χ4n) is 4.75. The van der Waals surface area contributed by atoms with Crippen molar-refractivity contribution in [1.82, 2.24) is 14.9 Å². The van der Waals surface area contributed by atoms with E-state index in [2.05, 4.69) is 32.5 Å². The second-order valence-corrected chi connectivity index (χ2v) is 12.5. The minimum Gasteiger partial charge on any atom is -0.494 e. The first-order chi connectivity index (χ1) is 21.1. The van der Waals surface area contributed by atoms with Crippen molar-refractivity contribution in [2.24, 2.45) is 0 Å². The summed E-state index contributed by atoms with van der Waals surface area (Å²) in [5, 5.41) is 8.35. The number of alkyl halides is 3. The summed E-state index contributed by atoms with van der Waals surface area (Å²) in [7, 11) is 3.45. The number of benzene rings is 2. The van der Waals surface area contributed by atoms with Gasteiger partial charge >= 0.3 is 6.18 Å². The zero-order chi connectivity index (χ0) is 33.1. The van der Waals surface area contributed by atoms with Crippen LogP contribution in [0.2, 0.25) is 0 Å². The van der Waals surface area contributed by atoms with Gasteiger partial charge < -0.3 is 30.5 Å². The van der Waals surface area contributed by atoms with Crippen LogP contribution in [0.25, 0.3) is 0 Å². The van der Waals surface area contributed by atoms with Gasteiger partial charge in [0.15, 0.2) is 0 Å². The van der Waals surface area contributed by atoms with Crippen molar-refractivity contribution in [3.8, 4) is 5.75 Å².